The lowest BCUT2D eigenvalue weighted by Crippen LogP contribution is -2.29. The quantitative estimate of drug-likeness (QED) is 0.215. The van der Waals surface area contributed by atoms with Crippen LogP contribution in [0.15, 0.2) is 66.8 Å². The molecule has 1 aliphatic heterocycles. The number of benzene rings is 2. The second-order valence-electron chi connectivity index (χ2n) is 7.48. The molecule has 168 valence electrons. The fraction of sp³-hybridized carbons (Fsp3) is 0.160. The lowest BCUT2D eigenvalue weighted by atomic mass is 9.95. The minimum absolute atomic E-state index is 0.00686. The molecular weight excluding hydrogens is 460 g/mol. The van der Waals surface area contributed by atoms with Crippen molar-refractivity contribution in [3.63, 3.8) is 0 Å². The van der Waals surface area contributed by atoms with Crippen LogP contribution in [-0.4, -0.2) is 28.4 Å². The third kappa shape index (κ3) is 4.29. The van der Waals surface area contributed by atoms with Crippen molar-refractivity contribution < 1.29 is 19.4 Å². The second kappa shape index (κ2) is 9.21. The fourth-order valence-corrected chi connectivity index (χ4v) is 4.63. The van der Waals surface area contributed by atoms with Crippen LogP contribution in [0.2, 0.25) is 5.02 Å². The van der Waals surface area contributed by atoms with Crippen molar-refractivity contribution in [2.24, 2.45) is 0 Å². The number of hydrogen-bond acceptors (Lipinski definition) is 6. The number of nitrogens with zero attached hydrogens (tertiary/aromatic N) is 2. The number of Topliss-reactive ketones (excluding diaryl/α,β-unsaturated/α-hetero) is 1. The normalized spacial score (nSPS) is 17.4. The van der Waals surface area contributed by atoms with E-state index >= 15 is 0 Å². The van der Waals surface area contributed by atoms with Gasteiger partial charge in [0.05, 0.1) is 17.3 Å². The first-order valence-electron chi connectivity index (χ1n) is 10.2. The molecular formula is C25H21ClN2O4S. The molecule has 0 saturated carbocycles. The highest BCUT2D eigenvalue weighted by Crippen LogP contribution is 2.44. The van der Waals surface area contributed by atoms with E-state index in [1.54, 1.807) is 54.6 Å². The van der Waals surface area contributed by atoms with Gasteiger partial charge in [-0.25, -0.2) is 4.98 Å². The van der Waals surface area contributed by atoms with E-state index in [9.17, 15) is 14.7 Å². The number of ether oxygens (including phenoxy) is 1. The van der Waals surface area contributed by atoms with Gasteiger partial charge in [0.2, 0.25) is 0 Å². The maximum absolute atomic E-state index is 13.2. The number of carbonyl (C=O) groups excluding carboxylic acids is 2. The van der Waals surface area contributed by atoms with Crippen LogP contribution in [0.1, 0.15) is 27.7 Å². The van der Waals surface area contributed by atoms with E-state index in [-0.39, 0.29) is 11.3 Å². The molecule has 1 unspecified atom stereocenters. The standard InChI is InChI=1S/C25H21ClN2O4S/c1-4-13-32-19-11-7-16(8-12-19)21-20(22(29)17-5-9-18(26)10-6-17)23(30)24(31)28(21)25-27-14(2)15(3)33-25/h4-12,21,29H,1,13H2,2-3H3/b22-20+. The molecule has 1 saturated heterocycles. The van der Waals surface area contributed by atoms with E-state index in [2.05, 4.69) is 11.6 Å². The number of anilines is 1. The lowest BCUT2D eigenvalue weighted by molar-refractivity contribution is -0.132. The fourth-order valence-electron chi connectivity index (χ4n) is 3.57. The van der Waals surface area contributed by atoms with Crippen LogP contribution < -0.4 is 9.64 Å². The molecule has 0 aliphatic carbocycles. The number of aliphatic hydroxyl groups is 1. The Morgan fingerprint density at radius 3 is 2.42 bits per heavy atom. The maximum Gasteiger partial charge on any atom is 0.301 e. The van der Waals surface area contributed by atoms with E-state index in [0.29, 0.717) is 33.6 Å². The van der Waals surface area contributed by atoms with Gasteiger partial charge in [0.25, 0.3) is 5.78 Å². The van der Waals surface area contributed by atoms with Crippen LogP contribution in [0.25, 0.3) is 5.76 Å². The number of hydrogen-bond donors (Lipinski definition) is 1. The highest BCUT2D eigenvalue weighted by molar-refractivity contribution is 7.16. The lowest BCUT2D eigenvalue weighted by Gasteiger charge is -2.23. The molecule has 0 radical (unpaired) electrons. The van der Waals surface area contributed by atoms with Gasteiger partial charge in [-0.05, 0) is 55.8 Å². The van der Waals surface area contributed by atoms with Gasteiger partial charge in [-0.15, -0.1) is 11.3 Å². The molecule has 2 heterocycles. The Balaban J connectivity index is 1.88. The van der Waals surface area contributed by atoms with Gasteiger partial charge < -0.3 is 9.84 Å². The topological polar surface area (TPSA) is 79.7 Å². The average molecular weight is 481 g/mol. The predicted molar refractivity (Wildman–Crippen MR) is 130 cm³/mol. The van der Waals surface area contributed by atoms with E-state index in [4.69, 9.17) is 16.3 Å². The number of aromatic nitrogens is 1. The van der Waals surface area contributed by atoms with Crippen molar-refractivity contribution >= 4 is 45.5 Å². The number of ketones is 1. The van der Waals surface area contributed by atoms with Crippen LogP contribution in [0.4, 0.5) is 5.13 Å². The third-order valence-electron chi connectivity index (χ3n) is 5.35. The Kier molecular flexibility index (Phi) is 6.35. The Hall–Kier alpha value is -3.42. The molecule has 1 amide bonds. The summed E-state index contributed by atoms with van der Waals surface area (Å²) in [6, 6.07) is 12.6. The number of rotatable bonds is 6. The summed E-state index contributed by atoms with van der Waals surface area (Å²) < 4.78 is 5.55. The summed E-state index contributed by atoms with van der Waals surface area (Å²) in [5.41, 5.74) is 1.80. The van der Waals surface area contributed by atoms with Gasteiger partial charge >= 0.3 is 5.91 Å². The summed E-state index contributed by atoms with van der Waals surface area (Å²) in [6.07, 6.45) is 1.64. The molecule has 2 aromatic carbocycles. The van der Waals surface area contributed by atoms with Gasteiger partial charge in [-0.1, -0.05) is 36.4 Å². The van der Waals surface area contributed by atoms with Crippen molar-refractivity contribution in [1.29, 1.82) is 0 Å². The summed E-state index contributed by atoms with van der Waals surface area (Å²) in [6.45, 7) is 7.74. The SMILES string of the molecule is C=CCOc1ccc(C2/C(=C(\O)c3ccc(Cl)cc3)C(=O)C(=O)N2c2nc(C)c(C)s2)cc1. The first kappa shape index (κ1) is 22.8. The monoisotopic (exact) mass is 480 g/mol. The first-order chi connectivity index (χ1) is 15.8. The van der Waals surface area contributed by atoms with Gasteiger partial charge in [-0.2, -0.15) is 0 Å². The molecule has 4 rings (SSSR count). The van der Waals surface area contributed by atoms with Crippen molar-refractivity contribution in [1.82, 2.24) is 4.98 Å². The zero-order valence-corrected chi connectivity index (χ0v) is 19.6. The van der Waals surface area contributed by atoms with Crippen molar-refractivity contribution in [2.45, 2.75) is 19.9 Å². The summed E-state index contributed by atoms with van der Waals surface area (Å²) >= 11 is 7.30. The van der Waals surface area contributed by atoms with Crippen molar-refractivity contribution in [3.8, 4) is 5.75 Å². The highest BCUT2D eigenvalue weighted by Gasteiger charge is 2.48. The maximum atomic E-state index is 13.2. The summed E-state index contributed by atoms with van der Waals surface area (Å²) in [7, 11) is 0. The first-order valence-corrected chi connectivity index (χ1v) is 11.4. The Morgan fingerprint density at radius 1 is 1.18 bits per heavy atom. The van der Waals surface area contributed by atoms with Crippen LogP contribution in [0, 0.1) is 13.8 Å². The molecule has 8 heteroatoms. The number of carbonyl (C=O) groups is 2. The smallest absolute Gasteiger partial charge is 0.301 e. The second-order valence-corrected chi connectivity index (χ2v) is 9.10. The van der Waals surface area contributed by atoms with E-state index < -0.39 is 17.7 Å². The highest BCUT2D eigenvalue weighted by atomic mass is 35.5. The van der Waals surface area contributed by atoms with Crippen molar-refractivity contribution in [2.75, 3.05) is 11.5 Å². The van der Waals surface area contributed by atoms with Crippen molar-refractivity contribution in [3.05, 3.63) is 93.5 Å². The van der Waals surface area contributed by atoms with Crippen LogP contribution >= 0.6 is 22.9 Å². The Morgan fingerprint density at radius 2 is 1.85 bits per heavy atom. The molecule has 0 spiro atoms. The van der Waals surface area contributed by atoms with E-state index in [0.717, 1.165) is 10.6 Å². The molecule has 3 aromatic rings. The third-order valence-corrected chi connectivity index (χ3v) is 6.67. The molecule has 1 N–H and O–H groups in total. The number of thiazole rings is 1. The number of aryl methyl sites for hydroxylation is 2. The van der Waals surface area contributed by atoms with E-state index in [1.165, 1.54) is 16.2 Å². The minimum atomic E-state index is -0.848. The molecule has 1 fully saturated rings. The van der Waals surface area contributed by atoms with E-state index in [1.807, 2.05) is 13.8 Å². The van der Waals surface area contributed by atoms with Gasteiger partial charge in [0.1, 0.15) is 18.1 Å². The molecule has 1 aromatic heterocycles. The summed E-state index contributed by atoms with van der Waals surface area (Å²) in [4.78, 5) is 33.1. The Bertz CT molecular complexity index is 1240. The number of aliphatic hydroxyl groups excluding tert-OH is 1. The predicted octanol–water partition coefficient (Wildman–Crippen LogP) is 5.60. The number of halogens is 1. The zero-order chi connectivity index (χ0) is 23.7. The summed E-state index contributed by atoms with van der Waals surface area (Å²) in [5.74, 6) is -1.16. The molecule has 0 bridgehead atoms. The largest absolute Gasteiger partial charge is 0.507 e. The van der Waals surface area contributed by atoms with Crippen LogP contribution in [0.3, 0.4) is 0 Å². The van der Waals surface area contributed by atoms with Crippen LogP contribution in [-0.2, 0) is 9.59 Å². The minimum Gasteiger partial charge on any atom is -0.507 e. The van der Waals surface area contributed by atoms with Gasteiger partial charge in [0.15, 0.2) is 5.13 Å². The van der Waals surface area contributed by atoms with Gasteiger partial charge in [0, 0.05) is 15.5 Å². The number of amides is 1. The van der Waals surface area contributed by atoms with Gasteiger partial charge in [-0.3, -0.25) is 14.5 Å². The molecule has 6 nitrogen and oxygen atoms in total. The zero-order valence-electron chi connectivity index (χ0n) is 18.0. The molecule has 1 aliphatic rings. The molecule has 1 atom stereocenters. The average Bonchev–Trinajstić information content (AvgIpc) is 3.28. The molecule has 33 heavy (non-hydrogen) atoms. The van der Waals surface area contributed by atoms with Crippen LogP contribution in [0.5, 0.6) is 5.75 Å². The summed E-state index contributed by atoms with van der Waals surface area (Å²) in [5, 5.41) is 12.0. The Labute approximate surface area is 200 Å².